The summed E-state index contributed by atoms with van der Waals surface area (Å²) in [5.41, 5.74) is 1.14. The molecule has 3 aromatic rings. The summed E-state index contributed by atoms with van der Waals surface area (Å²) in [6, 6.07) is 21.1. The molecule has 8 nitrogen and oxygen atoms in total. The zero-order chi connectivity index (χ0) is 28.4. The van der Waals surface area contributed by atoms with E-state index in [0.717, 1.165) is 27.2 Å². The third kappa shape index (κ3) is 8.06. The van der Waals surface area contributed by atoms with Crippen LogP contribution >= 0.6 is 15.9 Å². The van der Waals surface area contributed by atoms with E-state index in [0.29, 0.717) is 18.0 Å². The number of carbonyl (C=O) groups excluding carboxylic acids is 2. The minimum absolute atomic E-state index is 0.0175. The topological polar surface area (TPSA) is 96.0 Å². The van der Waals surface area contributed by atoms with Gasteiger partial charge in [0.05, 0.1) is 17.7 Å². The Morgan fingerprint density at radius 2 is 1.69 bits per heavy atom. The molecule has 1 N–H and O–H groups in total. The van der Waals surface area contributed by atoms with Crippen LogP contribution in [0.2, 0.25) is 0 Å². The maximum Gasteiger partial charge on any atom is 0.264 e. The molecule has 0 fully saturated rings. The molecule has 0 unspecified atom stereocenters. The largest absolute Gasteiger partial charge is 0.497 e. The molecular weight excluding hydrogens is 582 g/mol. The summed E-state index contributed by atoms with van der Waals surface area (Å²) in [5.74, 6) is -0.287. The number of ether oxygens (including phenoxy) is 1. The van der Waals surface area contributed by atoms with E-state index in [1.165, 1.54) is 24.1 Å². The fourth-order valence-electron chi connectivity index (χ4n) is 3.95. The quantitative estimate of drug-likeness (QED) is 0.273. The molecule has 0 saturated carbocycles. The summed E-state index contributed by atoms with van der Waals surface area (Å²) in [7, 11) is -2.63. The summed E-state index contributed by atoms with van der Waals surface area (Å²) in [5, 5.41) is 2.88. The standard InChI is InChI=1S/C29H34BrN3O5S/c1-4-5-18-31-29(35)22(2)32(20-23-10-9-11-24(30)19-23)28(34)21-33(25-12-7-6-8-13-25)39(36,37)27-16-14-26(38-3)15-17-27/h6-17,19,22H,4-5,18,20-21H2,1-3H3,(H,31,35)/t22-/m0/s1. The first-order valence-electron chi connectivity index (χ1n) is 12.7. The SMILES string of the molecule is CCCCNC(=O)[C@H](C)N(Cc1cccc(Br)c1)C(=O)CN(c1ccccc1)S(=O)(=O)c1ccc(OC)cc1. The van der Waals surface area contributed by atoms with Gasteiger partial charge in [-0.15, -0.1) is 0 Å². The van der Waals surface area contributed by atoms with Crippen LogP contribution in [0.3, 0.4) is 0 Å². The molecule has 208 valence electrons. The van der Waals surface area contributed by atoms with Crippen molar-refractivity contribution in [1.29, 1.82) is 0 Å². The van der Waals surface area contributed by atoms with Crippen LogP contribution in [-0.2, 0) is 26.2 Å². The van der Waals surface area contributed by atoms with Gasteiger partial charge in [-0.1, -0.05) is 59.6 Å². The van der Waals surface area contributed by atoms with Gasteiger partial charge in [0.25, 0.3) is 10.0 Å². The third-order valence-corrected chi connectivity index (χ3v) is 8.49. The Morgan fingerprint density at radius 3 is 2.31 bits per heavy atom. The van der Waals surface area contributed by atoms with Gasteiger partial charge in [0.2, 0.25) is 11.8 Å². The van der Waals surface area contributed by atoms with Gasteiger partial charge in [0.1, 0.15) is 18.3 Å². The summed E-state index contributed by atoms with van der Waals surface area (Å²) in [4.78, 5) is 28.3. The van der Waals surface area contributed by atoms with Crippen LogP contribution in [0.25, 0.3) is 0 Å². The Hall–Kier alpha value is -3.37. The lowest BCUT2D eigenvalue weighted by molar-refractivity contribution is -0.139. The van der Waals surface area contributed by atoms with Crippen molar-refractivity contribution in [2.75, 3.05) is 24.5 Å². The molecule has 0 aromatic heterocycles. The molecule has 3 rings (SSSR count). The number of anilines is 1. The smallest absolute Gasteiger partial charge is 0.264 e. The van der Waals surface area contributed by atoms with Gasteiger partial charge in [-0.25, -0.2) is 8.42 Å². The van der Waals surface area contributed by atoms with Crippen molar-refractivity contribution >= 4 is 43.5 Å². The zero-order valence-electron chi connectivity index (χ0n) is 22.3. The molecule has 0 radical (unpaired) electrons. The fraction of sp³-hybridized carbons (Fsp3) is 0.310. The van der Waals surface area contributed by atoms with Gasteiger partial charge in [-0.05, 0) is 67.4 Å². The molecule has 0 aliphatic heterocycles. The third-order valence-electron chi connectivity index (χ3n) is 6.21. The van der Waals surface area contributed by atoms with Crippen LogP contribution in [0.4, 0.5) is 5.69 Å². The maximum absolute atomic E-state index is 13.9. The number of methoxy groups -OCH3 is 1. The molecule has 1 atom stereocenters. The van der Waals surface area contributed by atoms with Crippen molar-refractivity contribution in [3.8, 4) is 5.75 Å². The minimum Gasteiger partial charge on any atom is -0.497 e. The number of nitrogens with zero attached hydrogens (tertiary/aromatic N) is 2. The Kier molecular flexibility index (Phi) is 10.9. The monoisotopic (exact) mass is 615 g/mol. The van der Waals surface area contributed by atoms with E-state index in [-0.39, 0.29) is 17.3 Å². The normalized spacial score (nSPS) is 11.9. The molecule has 2 amide bonds. The van der Waals surface area contributed by atoms with Crippen LogP contribution in [0.15, 0.2) is 88.2 Å². The first-order valence-corrected chi connectivity index (χ1v) is 14.9. The number of sulfonamides is 1. The molecule has 0 aliphatic rings. The van der Waals surface area contributed by atoms with Crippen LogP contribution in [0.1, 0.15) is 32.3 Å². The van der Waals surface area contributed by atoms with Gasteiger partial charge in [0, 0.05) is 17.6 Å². The number of para-hydroxylation sites is 1. The average molecular weight is 617 g/mol. The summed E-state index contributed by atoms with van der Waals surface area (Å²) in [6.07, 6.45) is 1.74. The van der Waals surface area contributed by atoms with Gasteiger partial charge >= 0.3 is 0 Å². The summed E-state index contributed by atoms with van der Waals surface area (Å²) < 4.78 is 34.7. The molecule has 39 heavy (non-hydrogen) atoms. The van der Waals surface area contributed by atoms with Gasteiger partial charge in [-0.3, -0.25) is 13.9 Å². The molecule has 10 heteroatoms. The zero-order valence-corrected chi connectivity index (χ0v) is 24.7. The predicted octanol–water partition coefficient (Wildman–Crippen LogP) is 4.99. The van der Waals surface area contributed by atoms with E-state index < -0.39 is 28.5 Å². The first-order chi connectivity index (χ1) is 18.7. The van der Waals surface area contributed by atoms with Crippen molar-refractivity contribution in [3.63, 3.8) is 0 Å². The lowest BCUT2D eigenvalue weighted by Gasteiger charge is -2.32. The number of benzene rings is 3. The van der Waals surface area contributed by atoms with Gasteiger partial charge in [0.15, 0.2) is 0 Å². The number of hydrogen-bond donors (Lipinski definition) is 1. The second-order valence-corrected chi connectivity index (χ2v) is 11.8. The van der Waals surface area contributed by atoms with Crippen LogP contribution in [0, 0.1) is 0 Å². The van der Waals surface area contributed by atoms with Crippen molar-refractivity contribution in [2.45, 2.75) is 44.2 Å². The van der Waals surface area contributed by atoms with E-state index in [9.17, 15) is 18.0 Å². The van der Waals surface area contributed by atoms with Crippen molar-refractivity contribution in [1.82, 2.24) is 10.2 Å². The highest BCUT2D eigenvalue weighted by Gasteiger charge is 2.32. The molecule has 0 aliphatic carbocycles. The van der Waals surface area contributed by atoms with Crippen molar-refractivity contribution in [3.05, 3.63) is 88.9 Å². The second kappa shape index (κ2) is 14.1. The van der Waals surface area contributed by atoms with E-state index >= 15 is 0 Å². The van der Waals surface area contributed by atoms with Crippen molar-refractivity contribution in [2.24, 2.45) is 0 Å². The molecule has 0 heterocycles. The van der Waals surface area contributed by atoms with Gasteiger partial charge in [-0.2, -0.15) is 0 Å². The number of nitrogens with one attached hydrogen (secondary N) is 1. The molecular formula is C29H34BrN3O5S. The van der Waals surface area contributed by atoms with Crippen LogP contribution < -0.4 is 14.4 Å². The fourth-order valence-corrected chi connectivity index (χ4v) is 5.81. The summed E-state index contributed by atoms with van der Waals surface area (Å²) in [6.45, 7) is 3.83. The van der Waals surface area contributed by atoms with E-state index in [1.807, 2.05) is 31.2 Å². The Balaban J connectivity index is 1.97. The average Bonchev–Trinajstić information content (AvgIpc) is 2.94. The second-order valence-electron chi connectivity index (χ2n) is 8.99. The highest BCUT2D eigenvalue weighted by molar-refractivity contribution is 9.10. The number of amides is 2. The number of halogens is 1. The van der Waals surface area contributed by atoms with Gasteiger partial charge < -0.3 is 15.0 Å². The Morgan fingerprint density at radius 1 is 1.00 bits per heavy atom. The minimum atomic E-state index is -4.13. The number of rotatable bonds is 13. The van der Waals surface area contributed by atoms with Crippen LogP contribution in [0.5, 0.6) is 5.75 Å². The Labute approximate surface area is 239 Å². The highest BCUT2D eigenvalue weighted by atomic mass is 79.9. The van der Waals surface area contributed by atoms with E-state index in [2.05, 4.69) is 21.2 Å². The highest BCUT2D eigenvalue weighted by Crippen LogP contribution is 2.26. The summed E-state index contributed by atoms with van der Waals surface area (Å²) >= 11 is 3.45. The lowest BCUT2D eigenvalue weighted by atomic mass is 10.1. The molecule has 0 bridgehead atoms. The van der Waals surface area contributed by atoms with E-state index in [4.69, 9.17) is 4.74 Å². The first kappa shape index (κ1) is 30.2. The number of hydrogen-bond acceptors (Lipinski definition) is 5. The molecule has 0 saturated heterocycles. The molecule has 3 aromatic carbocycles. The number of carbonyl (C=O) groups is 2. The molecule has 0 spiro atoms. The van der Waals surface area contributed by atoms with Crippen molar-refractivity contribution < 1.29 is 22.7 Å². The van der Waals surface area contributed by atoms with E-state index in [1.54, 1.807) is 49.4 Å². The number of unbranched alkanes of at least 4 members (excludes halogenated alkanes) is 1. The maximum atomic E-state index is 13.9. The lowest BCUT2D eigenvalue weighted by Crippen LogP contribution is -2.51. The van der Waals surface area contributed by atoms with Crippen LogP contribution in [-0.4, -0.2) is 51.4 Å². The Bertz CT molecular complexity index is 1350. The predicted molar refractivity (Wildman–Crippen MR) is 156 cm³/mol.